The molecule has 1 saturated heterocycles. The number of nitrogens with zero attached hydrogens (tertiary/aromatic N) is 2. The highest BCUT2D eigenvalue weighted by molar-refractivity contribution is 5.87. The molecule has 6 heteroatoms. The van der Waals surface area contributed by atoms with Crippen molar-refractivity contribution in [1.29, 1.82) is 0 Å². The number of esters is 1. The van der Waals surface area contributed by atoms with Crippen LogP contribution in [-0.2, 0) is 16.1 Å². The average Bonchev–Trinajstić information content (AvgIpc) is 2.83. The van der Waals surface area contributed by atoms with E-state index in [9.17, 15) is 9.90 Å². The molecule has 0 saturated carbocycles. The number of carbonyl (C=O) groups excluding carboxylic acids is 1. The Labute approximate surface area is 99.1 Å². The Balaban J connectivity index is 2.25. The van der Waals surface area contributed by atoms with Crippen molar-refractivity contribution >= 4 is 5.97 Å². The van der Waals surface area contributed by atoms with E-state index in [1.54, 1.807) is 4.68 Å². The van der Waals surface area contributed by atoms with Gasteiger partial charge in [0.2, 0.25) is 0 Å². The summed E-state index contributed by atoms with van der Waals surface area (Å²) in [7, 11) is 1.30. The van der Waals surface area contributed by atoms with E-state index in [0.29, 0.717) is 12.3 Å². The summed E-state index contributed by atoms with van der Waals surface area (Å²) in [4.78, 5) is 11.4. The molecule has 2 rings (SSSR count). The van der Waals surface area contributed by atoms with Crippen molar-refractivity contribution in [3.63, 3.8) is 0 Å². The molecule has 94 valence electrons. The molecule has 17 heavy (non-hydrogen) atoms. The van der Waals surface area contributed by atoms with Gasteiger partial charge in [-0.2, -0.15) is 5.10 Å². The fraction of sp³-hybridized carbons (Fsp3) is 0.636. The Morgan fingerprint density at radius 2 is 2.53 bits per heavy atom. The number of carbonyl (C=O) groups is 1. The third-order valence-electron chi connectivity index (χ3n) is 2.80. The van der Waals surface area contributed by atoms with Gasteiger partial charge < -0.3 is 14.6 Å². The van der Waals surface area contributed by atoms with Crippen LogP contribution in [-0.4, -0.2) is 34.6 Å². The number of hydrogen-bond donors (Lipinski definition) is 1. The molecule has 2 heterocycles. The average molecular weight is 240 g/mol. The van der Waals surface area contributed by atoms with E-state index < -0.39 is 5.97 Å². The van der Waals surface area contributed by atoms with Crippen molar-refractivity contribution in [2.75, 3.05) is 13.7 Å². The van der Waals surface area contributed by atoms with E-state index in [0.717, 1.165) is 19.3 Å². The normalized spacial score (nSPS) is 20.2. The molecule has 0 amide bonds. The van der Waals surface area contributed by atoms with Gasteiger partial charge in [-0.05, 0) is 25.3 Å². The van der Waals surface area contributed by atoms with Crippen LogP contribution in [0.4, 0.5) is 0 Å². The fourth-order valence-corrected chi connectivity index (χ4v) is 1.92. The maximum Gasteiger partial charge on any atom is 0.358 e. The lowest BCUT2D eigenvalue weighted by Crippen LogP contribution is -2.21. The summed E-state index contributed by atoms with van der Waals surface area (Å²) in [5.41, 5.74) is 0.767. The number of hydrogen-bond acceptors (Lipinski definition) is 5. The Morgan fingerprint density at radius 3 is 3.12 bits per heavy atom. The molecule has 1 aliphatic heterocycles. The lowest BCUT2D eigenvalue weighted by Gasteiger charge is -2.24. The molecule has 1 aromatic heterocycles. The Hall–Kier alpha value is -1.40. The smallest absolute Gasteiger partial charge is 0.358 e. The number of rotatable bonds is 3. The van der Waals surface area contributed by atoms with Gasteiger partial charge in [0.1, 0.15) is 0 Å². The first-order valence-corrected chi connectivity index (χ1v) is 5.65. The molecule has 6 nitrogen and oxygen atoms in total. The highest BCUT2D eigenvalue weighted by Crippen LogP contribution is 2.24. The first-order valence-electron chi connectivity index (χ1n) is 5.65. The molecular weight excluding hydrogens is 224 g/mol. The third kappa shape index (κ3) is 2.48. The summed E-state index contributed by atoms with van der Waals surface area (Å²) in [5, 5.41) is 13.4. The molecule has 1 aromatic rings. The van der Waals surface area contributed by atoms with E-state index in [2.05, 4.69) is 9.84 Å². The van der Waals surface area contributed by atoms with Crippen LogP contribution in [0.5, 0.6) is 0 Å². The zero-order valence-corrected chi connectivity index (χ0v) is 9.76. The van der Waals surface area contributed by atoms with Crippen molar-refractivity contribution in [3.8, 4) is 0 Å². The predicted molar refractivity (Wildman–Crippen MR) is 58.3 cm³/mol. The van der Waals surface area contributed by atoms with E-state index in [-0.39, 0.29) is 18.5 Å². The summed E-state index contributed by atoms with van der Waals surface area (Å²) >= 11 is 0. The van der Waals surface area contributed by atoms with Crippen molar-refractivity contribution in [2.24, 2.45) is 0 Å². The van der Waals surface area contributed by atoms with Gasteiger partial charge in [-0.15, -0.1) is 0 Å². The maximum atomic E-state index is 11.4. The molecule has 1 fully saturated rings. The maximum absolute atomic E-state index is 11.4. The lowest BCUT2D eigenvalue weighted by atomic mass is 10.2. The molecule has 0 radical (unpaired) electrons. The van der Waals surface area contributed by atoms with Crippen LogP contribution < -0.4 is 0 Å². The van der Waals surface area contributed by atoms with Gasteiger partial charge in [0.25, 0.3) is 0 Å². The number of aromatic nitrogens is 2. The predicted octanol–water partition coefficient (Wildman–Crippen LogP) is 0.861. The van der Waals surface area contributed by atoms with Gasteiger partial charge in [-0.25, -0.2) is 9.48 Å². The zero-order valence-electron chi connectivity index (χ0n) is 9.76. The highest BCUT2D eigenvalue weighted by atomic mass is 16.5. The number of aliphatic hydroxyl groups is 1. The van der Waals surface area contributed by atoms with Crippen LogP contribution in [0.2, 0.25) is 0 Å². The van der Waals surface area contributed by atoms with Gasteiger partial charge in [-0.3, -0.25) is 0 Å². The second-order valence-corrected chi connectivity index (χ2v) is 3.94. The monoisotopic (exact) mass is 240 g/mol. The number of ether oxygens (including phenoxy) is 2. The molecule has 1 unspecified atom stereocenters. The van der Waals surface area contributed by atoms with Crippen LogP contribution in [0, 0.1) is 0 Å². The second-order valence-electron chi connectivity index (χ2n) is 3.94. The highest BCUT2D eigenvalue weighted by Gasteiger charge is 2.22. The molecule has 1 aliphatic rings. The van der Waals surface area contributed by atoms with Gasteiger partial charge in [0, 0.05) is 6.61 Å². The molecule has 0 bridgehead atoms. The van der Waals surface area contributed by atoms with Crippen molar-refractivity contribution in [2.45, 2.75) is 32.1 Å². The Kier molecular flexibility index (Phi) is 3.75. The third-order valence-corrected chi connectivity index (χ3v) is 2.80. The molecule has 0 spiro atoms. The van der Waals surface area contributed by atoms with Gasteiger partial charge in [0.05, 0.1) is 19.4 Å². The Morgan fingerprint density at radius 1 is 1.71 bits per heavy atom. The molecule has 0 aromatic carbocycles. The Bertz CT molecular complexity index is 396. The largest absolute Gasteiger partial charge is 0.464 e. The van der Waals surface area contributed by atoms with Gasteiger partial charge in [-0.1, -0.05) is 0 Å². The number of aliphatic hydroxyl groups excluding tert-OH is 1. The molecule has 1 N–H and O–H groups in total. The van der Waals surface area contributed by atoms with Crippen LogP contribution >= 0.6 is 0 Å². The van der Waals surface area contributed by atoms with Crippen molar-refractivity contribution < 1.29 is 19.4 Å². The molecular formula is C11H16N2O4. The van der Waals surface area contributed by atoms with E-state index >= 15 is 0 Å². The SMILES string of the molecule is COC(=O)c1cc(CO)n(C2CCCCO2)n1. The van der Waals surface area contributed by atoms with Crippen LogP contribution in [0.3, 0.4) is 0 Å². The molecule has 0 aliphatic carbocycles. The summed E-state index contributed by atoms with van der Waals surface area (Å²) in [5.74, 6) is -0.505. The summed E-state index contributed by atoms with van der Waals surface area (Å²) in [6, 6.07) is 1.53. The van der Waals surface area contributed by atoms with Gasteiger partial charge >= 0.3 is 5.97 Å². The first-order chi connectivity index (χ1) is 8.26. The minimum absolute atomic E-state index is 0.177. The van der Waals surface area contributed by atoms with E-state index in [1.165, 1.54) is 13.2 Å². The van der Waals surface area contributed by atoms with Crippen LogP contribution in [0.1, 0.15) is 41.7 Å². The van der Waals surface area contributed by atoms with E-state index in [1.807, 2.05) is 0 Å². The molecule has 1 atom stereocenters. The minimum atomic E-state index is -0.505. The van der Waals surface area contributed by atoms with Crippen LogP contribution in [0.15, 0.2) is 6.07 Å². The number of methoxy groups -OCH3 is 1. The minimum Gasteiger partial charge on any atom is -0.464 e. The van der Waals surface area contributed by atoms with Crippen molar-refractivity contribution in [1.82, 2.24) is 9.78 Å². The standard InChI is InChI=1S/C11H16N2O4/c1-16-11(15)9-6-8(7-14)13(12-9)10-4-2-3-5-17-10/h6,10,14H,2-5,7H2,1H3. The summed E-state index contributed by atoms with van der Waals surface area (Å²) < 4.78 is 11.7. The van der Waals surface area contributed by atoms with Gasteiger partial charge in [0.15, 0.2) is 11.9 Å². The van der Waals surface area contributed by atoms with E-state index in [4.69, 9.17) is 4.74 Å². The zero-order chi connectivity index (χ0) is 12.3. The second kappa shape index (κ2) is 5.29. The van der Waals surface area contributed by atoms with Crippen molar-refractivity contribution in [3.05, 3.63) is 17.5 Å². The lowest BCUT2D eigenvalue weighted by molar-refractivity contribution is -0.0428. The summed E-state index contributed by atoms with van der Waals surface area (Å²) in [6.07, 6.45) is 2.75. The summed E-state index contributed by atoms with van der Waals surface area (Å²) in [6.45, 7) is 0.507. The topological polar surface area (TPSA) is 73.6 Å². The van der Waals surface area contributed by atoms with Crippen LogP contribution in [0.25, 0.3) is 0 Å². The fourth-order valence-electron chi connectivity index (χ4n) is 1.92. The first kappa shape index (κ1) is 12.1. The quantitative estimate of drug-likeness (QED) is 0.793.